The number of aromatic nitrogens is 2. The van der Waals surface area contributed by atoms with E-state index in [1.54, 1.807) is 6.20 Å². The second-order valence-corrected chi connectivity index (χ2v) is 7.02. The fourth-order valence-corrected chi connectivity index (χ4v) is 4.31. The Morgan fingerprint density at radius 2 is 2.28 bits per heavy atom. The third kappa shape index (κ3) is 3.00. The first kappa shape index (κ1) is 16.1. The third-order valence-corrected chi connectivity index (χ3v) is 5.54. The normalized spacial score (nSPS) is 24.8. The summed E-state index contributed by atoms with van der Waals surface area (Å²) in [6.45, 7) is 0.768. The summed E-state index contributed by atoms with van der Waals surface area (Å²) in [6, 6.07) is 4.37. The van der Waals surface area contributed by atoms with Gasteiger partial charge in [0.25, 0.3) is 0 Å². The highest BCUT2D eigenvalue weighted by Crippen LogP contribution is 2.38. The number of piperidine rings is 1. The molecular formula is C18H23N5O2. The Bertz CT molecular complexity index is 802. The maximum atomic E-state index is 12.6. The van der Waals surface area contributed by atoms with Crippen LogP contribution in [0.3, 0.4) is 0 Å². The minimum absolute atomic E-state index is 0.0238. The summed E-state index contributed by atoms with van der Waals surface area (Å²) in [7, 11) is 0. The molecule has 2 aromatic rings. The van der Waals surface area contributed by atoms with E-state index in [0.29, 0.717) is 18.8 Å². The number of carbonyl (C=O) groups excluding carboxylic acids is 2. The number of aromatic amines is 1. The molecule has 2 amide bonds. The molecule has 2 fully saturated rings. The maximum absolute atomic E-state index is 12.6. The van der Waals surface area contributed by atoms with E-state index >= 15 is 0 Å². The molecule has 132 valence electrons. The average molecular weight is 341 g/mol. The van der Waals surface area contributed by atoms with Gasteiger partial charge in [0.2, 0.25) is 11.8 Å². The first-order valence-corrected chi connectivity index (χ1v) is 8.85. The van der Waals surface area contributed by atoms with Crippen LogP contribution in [0.5, 0.6) is 0 Å². The molecule has 3 heterocycles. The second kappa shape index (κ2) is 6.48. The molecule has 7 nitrogen and oxygen atoms in total. The van der Waals surface area contributed by atoms with E-state index in [9.17, 15) is 9.59 Å². The van der Waals surface area contributed by atoms with Crippen molar-refractivity contribution in [2.75, 3.05) is 13.1 Å². The van der Waals surface area contributed by atoms with Crippen LogP contribution in [0.1, 0.15) is 24.8 Å². The number of rotatable bonds is 5. The first-order chi connectivity index (χ1) is 12.2. The number of H-pyrrole nitrogens is 1. The van der Waals surface area contributed by atoms with Gasteiger partial charge < -0.3 is 20.9 Å². The highest BCUT2D eigenvalue weighted by Gasteiger charge is 2.46. The highest BCUT2D eigenvalue weighted by atomic mass is 16.2. The van der Waals surface area contributed by atoms with Crippen molar-refractivity contribution in [3.63, 3.8) is 0 Å². The molecule has 1 aliphatic heterocycles. The first-order valence-electron chi connectivity index (χ1n) is 8.85. The van der Waals surface area contributed by atoms with E-state index in [4.69, 9.17) is 5.73 Å². The summed E-state index contributed by atoms with van der Waals surface area (Å²) >= 11 is 0. The number of nitrogens with two attached hydrogens (primary N) is 1. The van der Waals surface area contributed by atoms with Gasteiger partial charge in [-0.25, -0.2) is 4.98 Å². The molecule has 4 N–H and O–H groups in total. The Hall–Kier alpha value is -2.41. The third-order valence-electron chi connectivity index (χ3n) is 5.54. The fourth-order valence-electron chi connectivity index (χ4n) is 4.31. The molecule has 1 aliphatic carbocycles. The Morgan fingerprint density at radius 3 is 3.04 bits per heavy atom. The molecular weight excluding hydrogens is 318 g/mol. The molecule has 1 saturated carbocycles. The molecule has 2 aliphatic rings. The number of fused-ring (bicyclic) bond motifs is 3. The van der Waals surface area contributed by atoms with Gasteiger partial charge in [0.15, 0.2) is 0 Å². The van der Waals surface area contributed by atoms with Crippen LogP contribution < -0.4 is 11.1 Å². The number of nitrogens with zero attached hydrogens (tertiary/aromatic N) is 2. The van der Waals surface area contributed by atoms with Crippen molar-refractivity contribution in [3.05, 3.63) is 30.1 Å². The highest BCUT2D eigenvalue weighted by molar-refractivity contribution is 5.82. The van der Waals surface area contributed by atoms with E-state index in [-0.39, 0.29) is 30.4 Å². The lowest BCUT2D eigenvalue weighted by Gasteiger charge is -2.32. The number of hydrogen-bond acceptors (Lipinski definition) is 4. The number of hydrogen-bond donors (Lipinski definition) is 3. The van der Waals surface area contributed by atoms with Crippen LogP contribution in [-0.4, -0.2) is 51.9 Å². The van der Waals surface area contributed by atoms with Crippen molar-refractivity contribution < 1.29 is 9.59 Å². The standard InChI is InChI=1S/C18H23N5O2/c19-8-16(24)22-15-7-13-6-12(15)10-23(13)17(25)4-3-11-9-21-18-14(11)2-1-5-20-18/h1-2,5,9,12-13,15H,3-4,6-8,10,19H2,(H,20,21)(H,22,24)/t12-,13+,15+/m1/s1. The topological polar surface area (TPSA) is 104 Å². The van der Waals surface area contributed by atoms with Gasteiger partial charge in [0, 0.05) is 42.8 Å². The molecule has 0 spiro atoms. The summed E-state index contributed by atoms with van der Waals surface area (Å²) in [5.74, 6) is 0.458. The minimum atomic E-state index is -0.108. The maximum Gasteiger partial charge on any atom is 0.233 e. The van der Waals surface area contributed by atoms with Gasteiger partial charge in [0.1, 0.15) is 5.65 Å². The van der Waals surface area contributed by atoms with Crippen molar-refractivity contribution in [1.82, 2.24) is 20.2 Å². The molecule has 7 heteroatoms. The van der Waals surface area contributed by atoms with Gasteiger partial charge in [-0.05, 0) is 42.9 Å². The molecule has 0 aromatic carbocycles. The molecule has 2 aromatic heterocycles. The number of likely N-dealkylation sites (tertiary alicyclic amines) is 1. The summed E-state index contributed by atoms with van der Waals surface area (Å²) in [5, 5.41) is 4.07. The van der Waals surface area contributed by atoms with Crippen LogP contribution in [0.2, 0.25) is 0 Å². The zero-order valence-electron chi connectivity index (χ0n) is 14.1. The van der Waals surface area contributed by atoms with Gasteiger partial charge in [-0.15, -0.1) is 0 Å². The summed E-state index contributed by atoms with van der Waals surface area (Å²) < 4.78 is 0. The number of nitrogens with one attached hydrogen (secondary N) is 2. The molecule has 1 saturated heterocycles. The van der Waals surface area contributed by atoms with Crippen LogP contribution in [0.4, 0.5) is 0 Å². The predicted octanol–water partition coefficient (Wildman–Crippen LogP) is 0.560. The monoisotopic (exact) mass is 341 g/mol. The zero-order valence-corrected chi connectivity index (χ0v) is 14.1. The Balaban J connectivity index is 1.34. The van der Waals surface area contributed by atoms with E-state index in [1.807, 2.05) is 23.2 Å². The number of pyridine rings is 1. The average Bonchev–Trinajstić information content (AvgIpc) is 3.33. The minimum Gasteiger partial charge on any atom is -0.352 e. The van der Waals surface area contributed by atoms with E-state index < -0.39 is 0 Å². The SMILES string of the molecule is NCC(=O)N[C@H]1C[C@@H]2C[C@@H]1CN2C(=O)CCc1c[nH]c2ncccc12. The molecule has 25 heavy (non-hydrogen) atoms. The van der Waals surface area contributed by atoms with Gasteiger partial charge in [0.05, 0.1) is 6.54 Å². The van der Waals surface area contributed by atoms with Crippen LogP contribution in [0.25, 0.3) is 11.0 Å². The van der Waals surface area contributed by atoms with E-state index in [2.05, 4.69) is 15.3 Å². The second-order valence-electron chi connectivity index (χ2n) is 7.02. The molecule has 2 bridgehead atoms. The van der Waals surface area contributed by atoms with Crippen molar-refractivity contribution >= 4 is 22.8 Å². The molecule has 0 radical (unpaired) electrons. The quantitative estimate of drug-likeness (QED) is 0.739. The van der Waals surface area contributed by atoms with Gasteiger partial charge in [-0.2, -0.15) is 0 Å². The van der Waals surface area contributed by atoms with Crippen LogP contribution in [0, 0.1) is 5.92 Å². The number of amides is 2. The lowest BCUT2D eigenvalue weighted by Crippen LogP contribution is -2.48. The van der Waals surface area contributed by atoms with E-state index in [1.165, 1.54) is 0 Å². The Kier molecular flexibility index (Phi) is 4.17. The summed E-state index contributed by atoms with van der Waals surface area (Å²) in [4.78, 5) is 33.6. The lowest BCUT2D eigenvalue weighted by molar-refractivity contribution is -0.133. The van der Waals surface area contributed by atoms with Gasteiger partial charge in [-0.1, -0.05) is 0 Å². The Labute approximate surface area is 146 Å². The van der Waals surface area contributed by atoms with Gasteiger partial charge in [-0.3, -0.25) is 9.59 Å². The predicted molar refractivity (Wildman–Crippen MR) is 93.6 cm³/mol. The largest absolute Gasteiger partial charge is 0.352 e. The van der Waals surface area contributed by atoms with Crippen molar-refractivity contribution in [2.45, 2.75) is 37.8 Å². The van der Waals surface area contributed by atoms with Crippen molar-refractivity contribution in [2.24, 2.45) is 11.7 Å². The number of carbonyl (C=O) groups is 2. The molecule has 3 atom stereocenters. The van der Waals surface area contributed by atoms with Crippen LogP contribution in [-0.2, 0) is 16.0 Å². The molecule has 0 unspecified atom stereocenters. The van der Waals surface area contributed by atoms with E-state index in [0.717, 1.165) is 36.0 Å². The van der Waals surface area contributed by atoms with Crippen molar-refractivity contribution in [1.29, 1.82) is 0 Å². The van der Waals surface area contributed by atoms with Crippen LogP contribution in [0.15, 0.2) is 24.5 Å². The molecule has 4 rings (SSSR count). The fraction of sp³-hybridized carbons (Fsp3) is 0.500. The smallest absolute Gasteiger partial charge is 0.233 e. The zero-order chi connectivity index (χ0) is 17.4. The van der Waals surface area contributed by atoms with Gasteiger partial charge >= 0.3 is 0 Å². The number of aryl methyl sites for hydroxylation is 1. The lowest BCUT2D eigenvalue weighted by atomic mass is 10.0. The Morgan fingerprint density at radius 1 is 1.40 bits per heavy atom. The van der Waals surface area contributed by atoms with Crippen molar-refractivity contribution in [3.8, 4) is 0 Å². The summed E-state index contributed by atoms with van der Waals surface area (Å²) in [5.41, 5.74) is 7.36. The van der Waals surface area contributed by atoms with Crippen LogP contribution >= 0.6 is 0 Å². The summed E-state index contributed by atoms with van der Waals surface area (Å²) in [6.07, 6.45) is 6.75.